The smallest absolute Gasteiger partial charge is 0.275 e. The van der Waals surface area contributed by atoms with Crippen molar-refractivity contribution in [3.63, 3.8) is 0 Å². The minimum absolute atomic E-state index is 0.314. The zero-order valence-electron chi connectivity index (χ0n) is 14.9. The maximum Gasteiger partial charge on any atom is 0.275 e. The Morgan fingerprint density at radius 1 is 1.00 bits per heavy atom. The molecule has 6 heteroatoms. The van der Waals surface area contributed by atoms with Crippen LogP contribution in [0, 0.1) is 6.92 Å². The number of rotatable bonds is 8. The number of aryl methyl sites for hydroxylation is 1. The van der Waals surface area contributed by atoms with Gasteiger partial charge in [0.1, 0.15) is 36.2 Å². The molecule has 1 aromatic heterocycles. The molecular weight excluding hydrogens is 344 g/mol. The van der Waals surface area contributed by atoms with E-state index in [1.54, 1.807) is 30.3 Å². The van der Waals surface area contributed by atoms with Gasteiger partial charge in [-0.1, -0.05) is 30.3 Å². The molecule has 0 saturated carbocycles. The number of ether oxygens (including phenoxy) is 2. The molecule has 6 nitrogen and oxygen atoms in total. The van der Waals surface area contributed by atoms with Crippen molar-refractivity contribution in [2.45, 2.75) is 6.92 Å². The number of carbonyl (C=O) groups is 1. The van der Waals surface area contributed by atoms with E-state index in [2.05, 4.69) is 10.5 Å². The highest BCUT2D eigenvalue weighted by molar-refractivity contribution is 5.97. The molecule has 0 unspecified atom stereocenters. The fourth-order valence-electron chi connectivity index (χ4n) is 2.35. The van der Waals surface area contributed by atoms with Crippen LogP contribution in [0.4, 0.5) is 0 Å². The molecule has 0 aliphatic heterocycles. The summed E-state index contributed by atoms with van der Waals surface area (Å²) in [6.07, 6.45) is 1.45. The van der Waals surface area contributed by atoms with Crippen LogP contribution in [0.1, 0.15) is 21.9 Å². The standard InChI is InChI=1S/C21H20N2O4/c1-16-11-12-18(27-16)15-22-23-21(24)19-9-5-6-10-20(19)26-14-13-25-17-7-3-2-4-8-17/h2-12,15H,13-14H2,1H3,(H,23,24)/b22-15-. The highest BCUT2D eigenvalue weighted by Crippen LogP contribution is 2.18. The monoisotopic (exact) mass is 364 g/mol. The molecule has 1 heterocycles. The largest absolute Gasteiger partial charge is 0.490 e. The normalized spacial score (nSPS) is 10.7. The second kappa shape index (κ2) is 9.24. The van der Waals surface area contributed by atoms with Gasteiger partial charge in [-0.25, -0.2) is 5.43 Å². The summed E-state index contributed by atoms with van der Waals surface area (Å²) in [7, 11) is 0. The Kier molecular flexibility index (Phi) is 6.25. The first kappa shape index (κ1) is 18.3. The predicted octanol–water partition coefficient (Wildman–Crippen LogP) is 3.81. The lowest BCUT2D eigenvalue weighted by Gasteiger charge is -2.11. The van der Waals surface area contributed by atoms with Crippen molar-refractivity contribution < 1.29 is 18.7 Å². The number of carbonyl (C=O) groups excluding carboxylic acids is 1. The molecule has 1 N–H and O–H groups in total. The van der Waals surface area contributed by atoms with E-state index in [1.807, 2.05) is 43.3 Å². The molecule has 0 atom stereocenters. The summed E-state index contributed by atoms with van der Waals surface area (Å²) in [5.74, 6) is 2.22. The van der Waals surface area contributed by atoms with Crippen LogP contribution in [-0.2, 0) is 0 Å². The van der Waals surface area contributed by atoms with Gasteiger partial charge in [0.2, 0.25) is 0 Å². The van der Waals surface area contributed by atoms with Gasteiger partial charge in [-0.2, -0.15) is 5.10 Å². The van der Waals surface area contributed by atoms with E-state index in [9.17, 15) is 4.79 Å². The lowest BCUT2D eigenvalue weighted by Crippen LogP contribution is -2.19. The van der Waals surface area contributed by atoms with Crippen molar-refractivity contribution in [1.82, 2.24) is 5.43 Å². The van der Waals surface area contributed by atoms with Crippen LogP contribution in [-0.4, -0.2) is 25.3 Å². The molecule has 27 heavy (non-hydrogen) atoms. The van der Waals surface area contributed by atoms with Crippen LogP contribution < -0.4 is 14.9 Å². The van der Waals surface area contributed by atoms with Crippen LogP contribution in [0.25, 0.3) is 0 Å². The van der Waals surface area contributed by atoms with Gasteiger partial charge in [0.15, 0.2) is 0 Å². The summed E-state index contributed by atoms with van der Waals surface area (Å²) in [5, 5.41) is 3.91. The third-order valence-corrected chi connectivity index (χ3v) is 3.60. The van der Waals surface area contributed by atoms with Gasteiger partial charge >= 0.3 is 0 Å². The SMILES string of the molecule is Cc1ccc(/C=N\NC(=O)c2ccccc2OCCOc2ccccc2)o1. The van der Waals surface area contributed by atoms with Gasteiger partial charge < -0.3 is 13.9 Å². The minimum Gasteiger partial charge on any atom is -0.490 e. The van der Waals surface area contributed by atoms with E-state index in [0.29, 0.717) is 30.3 Å². The molecule has 0 spiro atoms. The first-order chi connectivity index (χ1) is 13.2. The topological polar surface area (TPSA) is 73.1 Å². The second-order valence-corrected chi connectivity index (χ2v) is 5.65. The molecule has 0 radical (unpaired) electrons. The quantitative estimate of drug-likeness (QED) is 0.375. The van der Waals surface area contributed by atoms with E-state index in [4.69, 9.17) is 13.9 Å². The fourth-order valence-corrected chi connectivity index (χ4v) is 2.35. The van der Waals surface area contributed by atoms with Crippen LogP contribution in [0.3, 0.4) is 0 Å². The van der Waals surface area contributed by atoms with Crippen molar-refractivity contribution in [3.05, 3.63) is 83.8 Å². The zero-order chi connectivity index (χ0) is 18.9. The van der Waals surface area contributed by atoms with Gasteiger partial charge in [0, 0.05) is 0 Å². The molecule has 3 aromatic rings. The number of hydrazone groups is 1. The molecule has 138 valence electrons. The Morgan fingerprint density at radius 2 is 1.74 bits per heavy atom. The maximum atomic E-state index is 12.3. The Bertz CT molecular complexity index is 903. The van der Waals surface area contributed by atoms with Crippen LogP contribution in [0.15, 0.2) is 76.2 Å². The third-order valence-electron chi connectivity index (χ3n) is 3.60. The Balaban J connectivity index is 1.53. The van der Waals surface area contributed by atoms with Crippen molar-refractivity contribution in [2.75, 3.05) is 13.2 Å². The molecule has 0 fully saturated rings. The number of hydrogen-bond donors (Lipinski definition) is 1. The summed E-state index contributed by atoms with van der Waals surface area (Å²) in [4.78, 5) is 12.3. The first-order valence-electron chi connectivity index (χ1n) is 8.52. The Labute approximate surface area is 157 Å². The van der Waals surface area contributed by atoms with Crippen LogP contribution >= 0.6 is 0 Å². The lowest BCUT2D eigenvalue weighted by molar-refractivity contribution is 0.0950. The number of amides is 1. The fraction of sp³-hybridized carbons (Fsp3) is 0.143. The van der Waals surface area contributed by atoms with E-state index in [0.717, 1.165) is 11.5 Å². The lowest BCUT2D eigenvalue weighted by atomic mass is 10.2. The highest BCUT2D eigenvalue weighted by Gasteiger charge is 2.11. The zero-order valence-corrected chi connectivity index (χ0v) is 14.9. The minimum atomic E-state index is -0.367. The summed E-state index contributed by atoms with van der Waals surface area (Å²) < 4.78 is 16.6. The van der Waals surface area contributed by atoms with Crippen molar-refractivity contribution in [2.24, 2.45) is 5.10 Å². The first-order valence-corrected chi connectivity index (χ1v) is 8.52. The van der Waals surface area contributed by atoms with Gasteiger partial charge in [-0.05, 0) is 43.3 Å². The Morgan fingerprint density at radius 3 is 2.52 bits per heavy atom. The van der Waals surface area contributed by atoms with Crippen LogP contribution in [0.5, 0.6) is 11.5 Å². The van der Waals surface area contributed by atoms with Gasteiger partial charge in [0.25, 0.3) is 5.91 Å². The van der Waals surface area contributed by atoms with Crippen molar-refractivity contribution in [1.29, 1.82) is 0 Å². The Hall–Kier alpha value is -3.54. The summed E-state index contributed by atoms with van der Waals surface area (Å²) in [6, 6.07) is 20.1. The molecule has 0 aliphatic rings. The molecule has 0 bridgehead atoms. The molecular formula is C21H20N2O4. The predicted molar refractivity (Wildman–Crippen MR) is 102 cm³/mol. The number of benzene rings is 2. The molecule has 0 aliphatic carbocycles. The number of para-hydroxylation sites is 2. The van der Waals surface area contributed by atoms with Crippen LogP contribution in [0.2, 0.25) is 0 Å². The van der Waals surface area contributed by atoms with E-state index >= 15 is 0 Å². The van der Waals surface area contributed by atoms with Crippen molar-refractivity contribution >= 4 is 12.1 Å². The number of hydrogen-bond acceptors (Lipinski definition) is 5. The number of nitrogens with one attached hydrogen (secondary N) is 1. The molecule has 0 saturated heterocycles. The third kappa shape index (κ3) is 5.47. The van der Waals surface area contributed by atoms with Gasteiger partial charge in [-0.15, -0.1) is 0 Å². The van der Waals surface area contributed by atoms with Gasteiger partial charge in [-0.3, -0.25) is 4.79 Å². The number of nitrogens with zero attached hydrogens (tertiary/aromatic N) is 1. The highest BCUT2D eigenvalue weighted by atomic mass is 16.5. The average molecular weight is 364 g/mol. The molecule has 3 rings (SSSR count). The molecule has 2 aromatic carbocycles. The summed E-state index contributed by atoms with van der Waals surface area (Å²) >= 11 is 0. The summed E-state index contributed by atoms with van der Waals surface area (Å²) in [5.41, 5.74) is 2.87. The number of furan rings is 1. The van der Waals surface area contributed by atoms with E-state index in [1.165, 1.54) is 6.21 Å². The second-order valence-electron chi connectivity index (χ2n) is 5.65. The van der Waals surface area contributed by atoms with Gasteiger partial charge in [0.05, 0.1) is 11.8 Å². The van der Waals surface area contributed by atoms with Crippen molar-refractivity contribution in [3.8, 4) is 11.5 Å². The maximum absolute atomic E-state index is 12.3. The summed E-state index contributed by atoms with van der Waals surface area (Å²) in [6.45, 7) is 2.52. The van der Waals surface area contributed by atoms with E-state index < -0.39 is 0 Å². The van der Waals surface area contributed by atoms with E-state index in [-0.39, 0.29) is 5.91 Å². The average Bonchev–Trinajstić information content (AvgIpc) is 3.11. The molecule has 1 amide bonds.